The molecule has 0 amide bonds. The molecule has 2 heterocycles. The molecule has 0 radical (unpaired) electrons. The third-order valence-corrected chi connectivity index (χ3v) is 5.43. The summed E-state index contributed by atoms with van der Waals surface area (Å²) in [5.41, 5.74) is 2.77. The van der Waals surface area contributed by atoms with Crippen LogP contribution in [0.1, 0.15) is 11.1 Å². The molecule has 0 aliphatic carbocycles. The number of ether oxygens (including phenoxy) is 1. The van der Waals surface area contributed by atoms with Crippen molar-refractivity contribution < 1.29 is 9.22 Å². The van der Waals surface area contributed by atoms with Gasteiger partial charge in [0.15, 0.2) is 0 Å². The molecule has 2 aliphatic rings. The van der Waals surface area contributed by atoms with Crippen LogP contribution < -0.4 is 4.74 Å². The normalized spacial score (nSPS) is 23.3. The van der Waals surface area contributed by atoms with E-state index in [1.165, 1.54) is 11.1 Å². The average molecular weight is 309 g/mol. The van der Waals surface area contributed by atoms with Crippen LogP contribution in [0.25, 0.3) is 0 Å². The van der Waals surface area contributed by atoms with Crippen LogP contribution in [0.3, 0.4) is 0 Å². The number of quaternary nitrogens is 1. The Labute approximate surface area is 138 Å². The zero-order valence-corrected chi connectivity index (χ0v) is 13.8. The smallest absolute Gasteiger partial charge is 0.237 e. The van der Waals surface area contributed by atoms with Crippen molar-refractivity contribution in [3.63, 3.8) is 0 Å². The number of benzene rings is 2. The van der Waals surface area contributed by atoms with E-state index < -0.39 is 0 Å². The highest BCUT2D eigenvalue weighted by atomic mass is 16.5. The van der Waals surface area contributed by atoms with Crippen molar-refractivity contribution >= 4 is 0 Å². The zero-order valence-electron chi connectivity index (χ0n) is 13.8. The maximum absolute atomic E-state index is 6.26. The van der Waals surface area contributed by atoms with Gasteiger partial charge in [0.1, 0.15) is 5.75 Å². The number of hydrogen-bond donors (Lipinski definition) is 0. The molecule has 0 aromatic heterocycles. The number of para-hydroxylation sites is 1. The highest BCUT2D eigenvalue weighted by Gasteiger charge is 2.41. The Morgan fingerprint density at radius 1 is 1.00 bits per heavy atom. The first-order valence-corrected chi connectivity index (χ1v) is 8.58. The predicted octanol–water partition coefficient (Wildman–Crippen LogP) is 2.91. The highest BCUT2D eigenvalue weighted by Crippen LogP contribution is 2.33. The van der Waals surface area contributed by atoms with Crippen molar-refractivity contribution in [3.8, 4) is 5.75 Å². The van der Waals surface area contributed by atoms with Gasteiger partial charge in [-0.15, -0.1) is 0 Å². The molecule has 4 rings (SSSR count). The van der Waals surface area contributed by atoms with Crippen LogP contribution in [0.4, 0.5) is 0 Å². The summed E-state index contributed by atoms with van der Waals surface area (Å²) < 4.78 is 7.28. The fourth-order valence-electron chi connectivity index (χ4n) is 3.76. The monoisotopic (exact) mass is 309 g/mol. The van der Waals surface area contributed by atoms with E-state index in [1.807, 2.05) is 0 Å². The second-order valence-corrected chi connectivity index (χ2v) is 7.07. The van der Waals surface area contributed by atoms with Crippen molar-refractivity contribution in [2.24, 2.45) is 0 Å². The molecule has 1 unspecified atom stereocenters. The van der Waals surface area contributed by atoms with E-state index >= 15 is 0 Å². The summed E-state index contributed by atoms with van der Waals surface area (Å²) in [6, 6.07) is 19.3. The SMILES string of the molecule is C[N+]1(C2Cc3ccccc3O2)CCN(Cc2ccccc2)CC1. The van der Waals surface area contributed by atoms with Crippen LogP contribution >= 0.6 is 0 Å². The van der Waals surface area contributed by atoms with Crippen LogP contribution in [0.5, 0.6) is 5.75 Å². The summed E-state index contributed by atoms with van der Waals surface area (Å²) in [6.45, 7) is 5.66. The Balaban J connectivity index is 1.37. The third-order valence-electron chi connectivity index (χ3n) is 5.43. The first kappa shape index (κ1) is 14.7. The first-order valence-electron chi connectivity index (χ1n) is 8.58. The van der Waals surface area contributed by atoms with Gasteiger partial charge in [-0.2, -0.15) is 0 Å². The van der Waals surface area contributed by atoms with Gasteiger partial charge in [-0.05, 0) is 11.6 Å². The van der Waals surface area contributed by atoms with E-state index in [0.29, 0.717) is 0 Å². The molecule has 0 bridgehead atoms. The molecule has 2 aromatic carbocycles. The zero-order chi connectivity index (χ0) is 15.7. The van der Waals surface area contributed by atoms with Crippen LogP contribution in [0.2, 0.25) is 0 Å². The average Bonchev–Trinajstić information content (AvgIpc) is 3.03. The summed E-state index contributed by atoms with van der Waals surface area (Å²) in [6.07, 6.45) is 1.33. The fourth-order valence-corrected chi connectivity index (χ4v) is 3.76. The molecular formula is C20H25N2O+. The van der Waals surface area contributed by atoms with Crippen LogP contribution in [0, 0.1) is 0 Å². The lowest BCUT2D eigenvalue weighted by Crippen LogP contribution is -2.63. The summed E-state index contributed by atoms with van der Waals surface area (Å²) in [5, 5.41) is 0. The molecule has 3 nitrogen and oxygen atoms in total. The van der Waals surface area contributed by atoms with Gasteiger partial charge in [-0.25, -0.2) is 0 Å². The quantitative estimate of drug-likeness (QED) is 0.808. The van der Waals surface area contributed by atoms with Crippen molar-refractivity contribution in [1.29, 1.82) is 0 Å². The Morgan fingerprint density at radius 2 is 1.70 bits per heavy atom. The van der Waals surface area contributed by atoms with E-state index in [2.05, 4.69) is 66.5 Å². The predicted molar refractivity (Wildman–Crippen MR) is 92.2 cm³/mol. The Hall–Kier alpha value is -1.84. The molecule has 3 heteroatoms. The van der Waals surface area contributed by atoms with Gasteiger partial charge >= 0.3 is 0 Å². The van der Waals surface area contributed by atoms with E-state index in [1.54, 1.807) is 0 Å². The van der Waals surface area contributed by atoms with Crippen molar-refractivity contribution in [1.82, 2.24) is 4.90 Å². The number of hydrogen-bond acceptors (Lipinski definition) is 2. The number of nitrogens with zero attached hydrogens (tertiary/aromatic N) is 2. The van der Waals surface area contributed by atoms with Crippen LogP contribution in [-0.2, 0) is 13.0 Å². The van der Waals surface area contributed by atoms with E-state index in [9.17, 15) is 0 Å². The molecule has 1 fully saturated rings. The number of piperazine rings is 1. The lowest BCUT2D eigenvalue weighted by molar-refractivity contribution is -0.953. The molecular weight excluding hydrogens is 284 g/mol. The molecule has 2 aliphatic heterocycles. The third kappa shape index (κ3) is 2.99. The molecule has 23 heavy (non-hydrogen) atoms. The summed E-state index contributed by atoms with van der Waals surface area (Å²) >= 11 is 0. The molecule has 1 atom stereocenters. The molecule has 120 valence electrons. The van der Waals surface area contributed by atoms with E-state index in [-0.39, 0.29) is 6.23 Å². The molecule has 0 N–H and O–H groups in total. The summed E-state index contributed by atoms with van der Waals surface area (Å²) in [7, 11) is 2.36. The number of rotatable bonds is 3. The minimum Gasteiger partial charge on any atom is -0.442 e. The Kier molecular flexibility index (Phi) is 3.83. The Bertz CT molecular complexity index is 637. The number of fused-ring (bicyclic) bond motifs is 1. The lowest BCUT2D eigenvalue weighted by Gasteiger charge is -2.44. The van der Waals surface area contributed by atoms with Crippen molar-refractivity contribution in [2.75, 3.05) is 33.2 Å². The molecule has 2 aromatic rings. The van der Waals surface area contributed by atoms with Gasteiger partial charge in [0, 0.05) is 25.2 Å². The molecule has 0 saturated carbocycles. The van der Waals surface area contributed by atoms with Crippen LogP contribution in [0.15, 0.2) is 54.6 Å². The highest BCUT2D eigenvalue weighted by molar-refractivity contribution is 5.36. The maximum atomic E-state index is 6.26. The second kappa shape index (κ2) is 5.99. The maximum Gasteiger partial charge on any atom is 0.237 e. The van der Waals surface area contributed by atoms with E-state index in [0.717, 1.165) is 49.4 Å². The van der Waals surface area contributed by atoms with E-state index in [4.69, 9.17) is 4.74 Å². The Morgan fingerprint density at radius 3 is 2.43 bits per heavy atom. The topological polar surface area (TPSA) is 12.5 Å². The standard InChI is InChI=1S/C20H25N2O/c1-22(20-15-18-9-5-6-10-19(18)23-20)13-11-21(12-14-22)16-17-7-3-2-4-8-17/h2-10,20H,11-16H2,1H3/q+1. The minimum atomic E-state index is 0.284. The first-order chi connectivity index (χ1) is 11.2. The van der Waals surface area contributed by atoms with Gasteiger partial charge in [0.05, 0.1) is 26.6 Å². The van der Waals surface area contributed by atoms with Crippen molar-refractivity contribution in [2.45, 2.75) is 19.2 Å². The number of likely N-dealkylation sites (N-methyl/N-ethyl adjacent to an activating group) is 1. The van der Waals surface area contributed by atoms with Gasteiger partial charge in [0.25, 0.3) is 0 Å². The van der Waals surface area contributed by atoms with Gasteiger partial charge in [-0.3, -0.25) is 9.38 Å². The van der Waals surface area contributed by atoms with Gasteiger partial charge < -0.3 is 4.74 Å². The summed E-state index contributed by atoms with van der Waals surface area (Å²) in [5.74, 6) is 1.09. The minimum absolute atomic E-state index is 0.284. The largest absolute Gasteiger partial charge is 0.442 e. The fraction of sp³-hybridized carbons (Fsp3) is 0.400. The molecule has 1 saturated heterocycles. The second-order valence-electron chi connectivity index (χ2n) is 7.07. The van der Waals surface area contributed by atoms with Crippen molar-refractivity contribution in [3.05, 3.63) is 65.7 Å². The van der Waals surface area contributed by atoms with Gasteiger partial charge in [-0.1, -0.05) is 48.5 Å². The lowest BCUT2D eigenvalue weighted by atomic mass is 10.1. The molecule has 0 spiro atoms. The summed E-state index contributed by atoms with van der Waals surface area (Å²) in [4.78, 5) is 2.57. The van der Waals surface area contributed by atoms with Gasteiger partial charge in [0.2, 0.25) is 6.23 Å². The van der Waals surface area contributed by atoms with Crippen LogP contribution in [-0.4, -0.2) is 48.8 Å².